The van der Waals surface area contributed by atoms with Crippen LogP contribution in [0.4, 0.5) is 5.69 Å². The first kappa shape index (κ1) is 7.61. The molecule has 2 heterocycles. The van der Waals surface area contributed by atoms with Crippen LogP contribution >= 0.6 is 0 Å². The van der Waals surface area contributed by atoms with Gasteiger partial charge in [0.2, 0.25) is 0 Å². The highest BCUT2D eigenvalue weighted by molar-refractivity contribution is 5.42. The number of rotatable bonds is 0. The predicted octanol–water partition coefficient (Wildman–Crippen LogP) is 0.945. The number of ether oxygens (including phenoxy) is 1. The number of anilines is 1. The third kappa shape index (κ3) is 0.992. The van der Waals surface area contributed by atoms with Crippen LogP contribution in [0.25, 0.3) is 0 Å². The number of nitrogens with zero attached hydrogens (tertiary/aromatic N) is 2. The zero-order chi connectivity index (χ0) is 8.72. The van der Waals surface area contributed by atoms with Crippen LogP contribution in [-0.2, 0) is 11.3 Å². The second-order valence-corrected chi connectivity index (χ2v) is 3.26. The normalized spacial score (nSPS) is 28.5. The maximum atomic E-state index is 5.73. The Morgan fingerprint density at radius 1 is 1.67 bits per heavy atom. The van der Waals surface area contributed by atoms with E-state index in [4.69, 9.17) is 10.5 Å². The molecule has 0 spiro atoms. The standard InChI is InChI=1S/C8H13N3O/c1-5-4-11-8(6(2)12-5)7(9)3-10-11/h3,5-6H,4,9H2,1-2H3/t5-,6+/m0/s1. The van der Waals surface area contributed by atoms with Gasteiger partial charge in [-0.25, -0.2) is 0 Å². The lowest BCUT2D eigenvalue weighted by molar-refractivity contribution is -0.0299. The van der Waals surface area contributed by atoms with Crippen molar-refractivity contribution in [3.05, 3.63) is 11.9 Å². The molecular formula is C8H13N3O. The highest BCUT2D eigenvalue weighted by Gasteiger charge is 2.24. The first-order chi connectivity index (χ1) is 5.68. The number of nitrogen functional groups attached to an aromatic ring is 1. The SMILES string of the molecule is C[C@H]1Cn2ncc(N)c2[C@@H](C)O1. The molecule has 0 aliphatic carbocycles. The zero-order valence-corrected chi connectivity index (χ0v) is 7.32. The summed E-state index contributed by atoms with van der Waals surface area (Å²) in [6.45, 7) is 4.84. The highest BCUT2D eigenvalue weighted by atomic mass is 16.5. The Balaban J connectivity index is 2.43. The fourth-order valence-electron chi connectivity index (χ4n) is 1.70. The molecule has 0 fully saturated rings. The lowest BCUT2D eigenvalue weighted by Gasteiger charge is -2.26. The van der Waals surface area contributed by atoms with Gasteiger partial charge < -0.3 is 10.5 Å². The minimum absolute atomic E-state index is 0.0660. The summed E-state index contributed by atoms with van der Waals surface area (Å²) in [7, 11) is 0. The molecule has 2 rings (SSSR count). The molecule has 0 unspecified atom stereocenters. The molecule has 4 nitrogen and oxygen atoms in total. The van der Waals surface area contributed by atoms with Gasteiger partial charge in [0.15, 0.2) is 0 Å². The minimum atomic E-state index is 0.0660. The quantitative estimate of drug-likeness (QED) is 0.625. The molecule has 0 amide bonds. The van der Waals surface area contributed by atoms with E-state index in [1.54, 1.807) is 6.20 Å². The van der Waals surface area contributed by atoms with E-state index in [1.165, 1.54) is 0 Å². The molecule has 66 valence electrons. The molecule has 2 N–H and O–H groups in total. The van der Waals surface area contributed by atoms with E-state index in [2.05, 4.69) is 5.10 Å². The molecule has 1 aromatic rings. The molecule has 0 aromatic carbocycles. The van der Waals surface area contributed by atoms with Gasteiger partial charge in [0, 0.05) is 0 Å². The Morgan fingerprint density at radius 2 is 2.42 bits per heavy atom. The van der Waals surface area contributed by atoms with Crippen LogP contribution in [0.1, 0.15) is 25.6 Å². The molecular weight excluding hydrogens is 154 g/mol. The van der Waals surface area contributed by atoms with Crippen molar-refractivity contribution in [2.45, 2.75) is 32.6 Å². The van der Waals surface area contributed by atoms with Crippen LogP contribution in [-0.4, -0.2) is 15.9 Å². The second kappa shape index (κ2) is 2.48. The van der Waals surface area contributed by atoms with Gasteiger partial charge in [0.1, 0.15) is 0 Å². The van der Waals surface area contributed by atoms with Gasteiger partial charge in [-0.15, -0.1) is 0 Å². The predicted molar refractivity (Wildman–Crippen MR) is 45.6 cm³/mol. The smallest absolute Gasteiger partial charge is 0.0988 e. The fourth-order valence-corrected chi connectivity index (χ4v) is 1.70. The molecule has 0 saturated heterocycles. The van der Waals surface area contributed by atoms with Gasteiger partial charge in [-0.2, -0.15) is 5.10 Å². The van der Waals surface area contributed by atoms with E-state index in [-0.39, 0.29) is 12.2 Å². The van der Waals surface area contributed by atoms with Crippen LogP contribution in [0.2, 0.25) is 0 Å². The fraction of sp³-hybridized carbons (Fsp3) is 0.625. The van der Waals surface area contributed by atoms with Gasteiger partial charge in [-0.1, -0.05) is 0 Å². The molecule has 1 aromatic heterocycles. The average molecular weight is 167 g/mol. The summed E-state index contributed by atoms with van der Waals surface area (Å²) in [5.41, 5.74) is 7.47. The number of hydrogen-bond donors (Lipinski definition) is 1. The van der Waals surface area contributed by atoms with Crippen LogP contribution in [0.3, 0.4) is 0 Å². The molecule has 12 heavy (non-hydrogen) atoms. The van der Waals surface area contributed by atoms with Crippen LogP contribution in [0.5, 0.6) is 0 Å². The molecule has 0 saturated carbocycles. The number of fused-ring (bicyclic) bond motifs is 1. The summed E-state index contributed by atoms with van der Waals surface area (Å²) in [5, 5.41) is 4.17. The van der Waals surface area contributed by atoms with Crippen LogP contribution in [0.15, 0.2) is 6.20 Å². The van der Waals surface area contributed by atoms with Crippen molar-refractivity contribution < 1.29 is 4.74 Å². The minimum Gasteiger partial charge on any atom is -0.396 e. The summed E-state index contributed by atoms with van der Waals surface area (Å²) in [6.07, 6.45) is 1.98. The molecule has 4 heteroatoms. The summed E-state index contributed by atoms with van der Waals surface area (Å²) in [5.74, 6) is 0. The summed E-state index contributed by atoms with van der Waals surface area (Å²) in [4.78, 5) is 0. The van der Waals surface area contributed by atoms with Crippen molar-refractivity contribution in [3.63, 3.8) is 0 Å². The van der Waals surface area contributed by atoms with Crippen LogP contribution < -0.4 is 5.73 Å². The summed E-state index contributed by atoms with van der Waals surface area (Å²) in [6, 6.07) is 0. The lowest BCUT2D eigenvalue weighted by atomic mass is 10.2. The van der Waals surface area contributed by atoms with Gasteiger partial charge in [-0.3, -0.25) is 4.68 Å². The Morgan fingerprint density at radius 3 is 3.17 bits per heavy atom. The zero-order valence-electron chi connectivity index (χ0n) is 7.32. The van der Waals surface area contributed by atoms with E-state index < -0.39 is 0 Å². The van der Waals surface area contributed by atoms with Gasteiger partial charge in [0.05, 0.1) is 36.3 Å². The van der Waals surface area contributed by atoms with Gasteiger partial charge >= 0.3 is 0 Å². The number of aromatic nitrogens is 2. The summed E-state index contributed by atoms with van der Waals surface area (Å²) >= 11 is 0. The monoisotopic (exact) mass is 167 g/mol. The van der Waals surface area contributed by atoms with Gasteiger partial charge in [0.25, 0.3) is 0 Å². The summed E-state index contributed by atoms with van der Waals surface area (Å²) < 4.78 is 7.54. The number of hydrogen-bond acceptors (Lipinski definition) is 3. The van der Waals surface area contributed by atoms with Crippen LogP contribution in [0, 0.1) is 0 Å². The van der Waals surface area contributed by atoms with E-state index in [0.717, 1.165) is 17.9 Å². The molecule has 1 aliphatic rings. The van der Waals surface area contributed by atoms with Crippen molar-refractivity contribution in [3.8, 4) is 0 Å². The Hall–Kier alpha value is -1.03. The first-order valence-electron chi connectivity index (χ1n) is 4.15. The maximum absolute atomic E-state index is 5.73. The molecule has 0 bridgehead atoms. The Bertz CT molecular complexity index is 294. The van der Waals surface area contributed by atoms with E-state index in [9.17, 15) is 0 Å². The van der Waals surface area contributed by atoms with E-state index in [0.29, 0.717) is 0 Å². The number of nitrogens with two attached hydrogens (primary N) is 1. The largest absolute Gasteiger partial charge is 0.396 e. The Kier molecular flexibility index (Phi) is 1.58. The van der Waals surface area contributed by atoms with Crippen molar-refractivity contribution in [1.29, 1.82) is 0 Å². The lowest BCUT2D eigenvalue weighted by Crippen LogP contribution is -2.27. The average Bonchev–Trinajstić information content (AvgIpc) is 2.31. The molecule has 1 aliphatic heterocycles. The molecule has 2 atom stereocenters. The first-order valence-corrected chi connectivity index (χ1v) is 4.15. The Labute approximate surface area is 71.3 Å². The van der Waals surface area contributed by atoms with Gasteiger partial charge in [-0.05, 0) is 13.8 Å². The second-order valence-electron chi connectivity index (χ2n) is 3.26. The third-order valence-electron chi connectivity index (χ3n) is 2.16. The van der Waals surface area contributed by atoms with Crippen molar-refractivity contribution in [2.75, 3.05) is 5.73 Å². The topological polar surface area (TPSA) is 53.1 Å². The van der Waals surface area contributed by atoms with Crippen molar-refractivity contribution in [2.24, 2.45) is 0 Å². The van der Waals surface area contributed by atoms with E-state index >= 15 is 0 Å². The van der Waals surface area contributed by atoms with E-state index in [1.807, 2.05) is 18.5 Å². The van der Waals surface area contributed by atoms with Crippen molar-refractivity contribution in [1.82, 2.24) is 9.78 Å². The highest BCUT2D eigenvalue weighted by Crippen LogP contribution is 2.28. The third-order valence-corrected chi connectivity index (χ3v) is 2.16. The molecule has 0 radical (unpaired) electrons. The van der Waals surface area contributed by atoms with Crippen molar-refractivity contribution >= 4 is 5.69 Å². The maximum Gasteiger partial charge on any atom is 0.0988 e.